The molecule has 3 aromatic heterocycles. The maximum atomic E-state index is 15.3. The lowest BCUT2D eigenvalue weighted by Crippen LogP contribution is -2.48. The number of likely N-dealkylation sites (tertiary alicyclic amines) is 1. The van der Waals surface area contributed by atoms with Gasteiger partial charge in [-0.15, -0.1) is 6.58 Å². The molecule has 4 N–H and O–H groups in total. The van der Waals surface area contributed by atoms with Crippen LogP contribution in [0.2, 0.25) is 0 Å². The number of pyridine rings is 1. The van der Waals surface area contributed by atoms with E-state index in [4.69, 9.17) is 9.97 Å². The van der Waals surface area contributed by atoms with Crippen LogP contribution in [-0.4, -0.2) is 84.4 Å². The maximum Gasteiger partial charge on any atom is 0.278 e. The van der Waals surface area contributed by atoms with Crippen molar-refractivity contribution >= 4 is 45.9 Å². The molecule has 15 heteroatoms. The van der Waals surface area contributed by atoms with Gasteiger partial charge in [0, 0.05) is 43.1 Å². The summed E-state index contributed by atoms with van der Waals surface area (Å²) in [6.45, 7) is 9.65. The van der Waals surface area contributed by atoms with E-state index in [0.717, 1.165) is 69.5 Å². The smallest absolute Gasteiger partial charge is 0.278 e. The summed E-state index contributed by atoms with van der Waals surface area (Å²) in [5.41, 5.74) is 4.08. The van der Waals surface area contributed by atoms with E-state index in [2.05, 4.69) is 49.4 Å². The van der Waals surface area contributed by atoms with Crippen LogP contribution >= 0.6 is 0 Å². The van der Waals surface area contributed by atoms with E-state index < -0.39 is 11.6 Å². The number of hydrogen-bond acceptors (Lipinski definition) is 11. The molecule has 0 saturated carbocycles. The zero-order valence-electron chi connectivity index (χ0n) is 33.9. The maximum absolute atomic E-state index is 15.3. The Morgan fingerprint density at radius 3 is 2.43 bits per heavy atom. The molecule has 2 amide bonds. The van der Waals surface area contributed by atoms with Crippen molar-refractivity contribution in [2.45, 2.75) is 94.9 Å². The summed E-state index contributed by atoms with van der Waals surface area (Å²) in [7, 11) is 0. The number of nitrogens with zero attached hydrogens (tertiary/aromatic N) is 7. The average Bonchev–Trinajstić information content (AvgIpc) is 3.74. The Morgan fingerprint density at radius 2 is 1.72 bits per heavy atom. The van der Waals surface area contributed by atoms with Crippen molar-refractivity contribution in [1.82, 2.24) is 34.5 Å². The molecule has 5 aromatic rings. The van der Waals surface area contributed by atoms with E-state index >= 15 is 4.39 Å². The summed E-state index contributed by atoms with van der Waals surface area (Å²) in [6, 6.07) is 17.2. The van der Waals surface area contributed by atoms with Gasteiger partial charge in [-0.25, -0.2) is 23.7 Å². The number of nitrogens with one attached hydrogen (secondary N) is 3. The zero-order chi connectivity index (χ0) is 41.5. The Hall–Kier alpha value is -5.93. The number of carbonyl (C=O) groups is 2. The van der Waals surface area contributed by atoms with Crippen LogP contribution in [0.25, 0.3) is 16.9 Å². The van der Waals surface area contributed by atoms with Crippen molar-refractivity contribution in [3.63, 3.8) is 0 Å². The molecule has 4 aliphatic rings. The van der Waals surface area contributed by atoms with Crippen LogP contribution in [-0.2, 0) is 28.2 Å². The van der Waals surface area contributed by atoms with Crippen LogP contribution < -0.4 is 26.4 Å². The molecule has 2 atom stereocenters. The van der Waals surface area contributed by atoms with E-state index in [1.807, 2.05) is 31.2 Å². The summed E-state index contributed by atoms with van der Waals surface area (Å²) in [4.78, 5) is 56.1. The first kappa shape index (κ1) is 39.5. The molecule has 1 unspecified atom stereocenters. The number of aromatic nitrogens is 5. The van der Waals surface area contributed by atoms with Crippen LogP contribution in [0, 0.1) is 5.82 Å². The van der Waals surface area contributed by atoms with E-state index in [1.54, 1.807) is 33.8 Å². The molecule has 3 saturated heterocycles. The fourth-order valence-corrected chi connectivity index (χ4v) is 9.54. The van der Waals surface area contributed by atoms with Gasteiger partial charge in [-0.05, 0) is 118 Å². The molecule has 312 valence electrons. The van der Waals surface area contributed by atoms with Crippen LogP contribution in [0.5, 0.6) is 0 Å². The van der Waals surface area contributed by atoms with Gasteiger partial charge in [0.15, 0.2) is 11.5 Å². The molecule has 60 heavy (non-hydrogen) atoms. The van der Waals surface area contributed by atoms with Gasteiger partial charge >= 0.3 is 0 Å². The lowest BCUT2D eigenvalue weighted by atomic mass is 9.88. The first-order valence-corrected chi connectivity index (χ1v) is 21.2. The van der Waals surface area contributed by atoms with Crippen molar-refractivity contribution < 1.29 is 19.1 Å². The summed E-state index contributed by atoms with van der Waals surface area (Å²) in [5.74, 6) is 0.336. The molecular weight excluding hydrogens is 764 g/mol. The Balaban J connectivity index is 0.807. The monoisotopic (exact) mass is 814 g/mol. The fraction of sp³-hybridized carbons (Fsp3) is 0.422. The molecule has 0 bridgehead atoms. The first-order chi connectivity index (χ1) is 29.1. The third-order valence-corrected chi connectivity index (χ3v) is 13.0. The number of halogens is 1. The van der Waals surface area contributed by atoms with Crippen molar-refractivity contribution in [3.05, 3.63) is 106 Å². The highest BCUT2D eigenvalue weighted by atomic mass is 19.1. The predicted molar refractivity (Wildman–Crippen MR) is 228 cm³/mol. The minimum absolute atomic E-state index is 0.244. The number of anilines is 4. The van der Waals surface area contributed by atoms with Gasteiger partial charge in [0.25, 0.3) is 5.56 Å². The van der Waals surface area contributed by atoms with Gasteiger partial charge in [-0.1, -0.05) is 31.2 Å². The minimum atomic E-state index is -0.997. The van der Waals surface area contributed by atoms with Crippen molar-refractivity contribution in [1.29, 1.82) is 0 Å². The van der Waals surface area contributed by atoms with Crippen molar-refractivity contribution in [2.75, 3.05) is 41.7 Å². The van der Waals surface area contributed by atoms with Gasteiger partial charge < -0.3 is 25.5 Å². The highest BCUT2D eigenvalue weighted by molar-refractivity contribution is 6.01. The zero-order valence-corrected chi connectivity index (χ0v) is 33.9. The topological polar surface area (TPSA) is 163 Å². The SMILES string of the molecule is C=CCn1c(=O)c2cnc(Nc3ccc(C4CCN(C5CCN(c6ccc(NC7CCC(=O)NC7=O)cc6F)CC5)CC4)cc3)nc2n1-c1ccc2c(n1)[C@@](O)(CC)CC2. The van der Waals surface area contributed by atoms with Crippen molar-refractivity contribution in [3.8, 4) is 5.82 Å². The third-order valence-electron chi connectivity index (χ3n) is 13.0. The number of amides is 2. The highest BCUT2D eigenvalue weighted by Crippen LogP contribution is 2.39. The van der Waals surface area contributed by atoms with E-state index in [-0.39, 0.29) is 36.2 Å². The van der Waals surface area contributed by atoms with Gasteiger partial charge in [-0.3, -0.25) is 19.7 Å². The van der Waals surface area contributed by atoms with Crippen LogP contribution in [0.1, 0.15) is 81.0 Å². The molecule has 3 aliphatic heterocycles. The summed E-state index contributed by atoms with van der Waals surface area (Å²) in [5, 5.41) is 20.4. The molecule has 0 radical (unpaired) electrons. The second-order valence-corrected chi connectivity index (χ2v) is 16.6. The molecule has 14 nitrogen and oxygen atoms in total. The lowest BCUT2D eigenvalue weighted by Gasteiger charge is -2.42. The number of imide groups is 1. The number of hydrogen-bond donors (Lipinski definition) is 4. The van der Waals surface area contributed by atoms with Gasteiger partial charge in [0.2, 0.25) is 17.8 Å². The van der Waals surface area contributed by atoms with Crippen LogP contribution in [0.15, 0.2) is 78.2 Å². The second-order valence-electron chi connectivity index (χ2n) is 16.6. The standard InChI is InChI=1S/C45H51FN10O4/c1-3-21-55-43(59)34-27-47-44(52-41(34)56(55)38-13-7-30-15-20-45(60,4-2)40(30)50-38)49-31-8-5-28(6-9-31)29-16-22-53(23-17-29)33-18-24-54(25-19-33)37-12-10-32(26-35(37)46)48-36-11-14-39(57)51-42(36)58/h3,5-10,12-13,26-27,29,33,36,48,60H,1,4,11,14-25H2,2H3,(H,47,49,52)(H,51,57,58)/t36?,45-/m1/s1. The van der Waals surface area contributed by atoms with E-state index in [0.29, 0.717) is 71.1 Å². The van der Waals surface area contributed by atoms with Crippen molar-refractivity contribution in [2.24, 2.45) is 0 Å². The second kappa shape index (κ2) is 16.3. The quantitative estimate of drug-likeness (QED) is 0.0963. The number of rotatable bonds is 11. The molecule has 0 spiro atoms. The summed E-state index contributed by atoms with van der Waals surface area (Å²) in [6.07, 6.45) is 9.85. The fourth-order valence-electron chi connectivity index (χ4n) is 9.54. The molecular formula is C45H51FN10O4. The Bertz CT molecular complexity index is 2500. The number of piperidine rings is 3. The number of aryl methyl sites for hydroxylation is 1. The van der Waals surface area contributed by atoms with Gasteiger partial charge in [0.1, 0.15) is 22.8 Å². The molecule has 9 rings (SSSR count). The van der Waals surface area contributed by atoms with E-state index in [1.165, 1.54) is 11.6 Å². The Labute approximate surface area is 347 Å². The summed E-state index contributed by atoms with van der Waals surface area (Å²) >= 11 is 0. The predicted octanol–water partition coefficient (Wildman–Crippen LogP) is 5.66. The van der Waals surface area contributed by atoms with Crippen LogP contribution in [0.4, 0.5) is 27.4 Å². The average molecular weight is 815 g/mol. The largest absolute Gasteiger partial charge is 0.384 e. The number of carbonyl (C=O) groups excluding carboxylic acids is 2. The van der Waals surface area contributed by atoms with Gasteiger partial charge in [-0.2, -0.15) is 4.98 Å². The Morgan fingerprint density at radius 1 is 0.950 bits per heavy atom. The van der Waals surface area contributed by atoms with Crippen LogP contribution in [0.3, 0.4) is 0 Å². The molecule has 6 heterocycles. The Kier molecular flexibility index (Phi) is 10.7. The lowest BCUT2D eigenvalue weighted by molar-refractivity contribution is -0.133. The minimum Gasteiger partial charge on any atom is -0.384 e. The molecule has 3 fully saturated rings. The highest BCUT2D eigenvalue weighted by Gasteiger charge is 2.37. The molecule has 2 aromatic carbocycles. The number of fused-ring (bicyclic) bond motifs is 2. The molecule has 1 aliphatic carbocycles. The first-order valence-electron chi connectivity index (χ1n) is 21.2. The summed E-state index contributed by atoms with van der Waals surface area (Å²) < 4.78 is 18.5. The third kappa shape index (κ3) is 7.56. The number of allylic oxidation sites excluding steroid dienone is 1. The van der Waals surface area contributed by atoms with E-state index in [9.17, 15) is 19.5 Å². The van der Waals surface area contributed by atoms with Gasteiger partial charge in [0.05, 0.1) is 17.9 Å². The number of benzene rings is 2. The normalized spacial score (nSPS) is 21.6. The number of aliphatic hydroxyl groups is 1.